The molecule has 2 aliphatic heterocycles. The number of unbranched alkanes of at least 4 members (excludes halogenated alkanes) is 1. The molecule has 3 rings (SSSR count). The average Bonchev–Trinajstić information content (AvgIpc) is 2.68. The number of nitrogens with zero attached hydrogens (tertiary/aromatic N) is 2. The summed E-state index contributed by atoms with van der Waals surface area (Å²) in [5, 5.41) is 0. The van der Waals surface area contributed by atoms with Crippen LogP contribution in [0, 0.1) is 5.92 Å². The van der Waals surface area contributed by atoms with Crippen LogP contribution in [0.2, 0.25) is 0 Å². The van der Waals surface area contributed by atoms with Gasteiger partial charge in [0, 0.05) is 45.1 Å². The van der Waals surface area contributed by atoms with Gasteiger partial charge >= 0.3 is 0 Å². The zero-order valence-electron chi connectivity index (χ0n) is 16.0. The highest BCUT2D eigenvalue weighted by atomic mass is 35.5. The van der Waals surface area contributed by atoms with Crippen LogP contribution >= 0.6 is 12.4 Å². The summed E-state index contributed by atoms with van der Waals surface area (Å²) in [7, 11) is 0. The van der Waals surface area contributed by atoms with E-state index in [0.717, 1.165) is 45.2 Å². The highest BCUT2D eigenvalue weighted by Crippen LogP contribution is 2.31. The van der Waals surface area contributed by atoms with Crippen molar-refractivity contribution in [2.75, 3.05) is 26.2 Å². The van der Waals surface area contributed by atoms with Gasteiger partial charge in [0.05, 0.1) is 0 Å². The van der Waals surface area contributed by atoms with Gasteiger partial charge in [-0.15, -0.1) is 12.4 Å². The van der Waals surface area contributed by atoms with Crippen LogP contribution < -0.4 is 5.73 Å². The van der Waals surface area contributed by atoms with Gasteiger partial charge in [-0.2, -0.15) is 0 Å². The largest absolute Gasteiger partial charge is 0.342 e. The molecule has 0 bridgehead atoms. The van der Waals surface area contributed by atoms with Crippen molar-refractivity contribution < 1.29 is 9.59 Å². The quantitative estimate of drug-likeness (QED) is 0.724. The number of likely N-dealkylation sites (tertiary alicyclic amines) is 2. The van der Waals surface area contributed by atoms with Crippen LogP contribution in [-0.2, 0) is 16.0 Å². The number of halogens is 1. The molecule has 2 saturated heterocycles. The normalized spacial score (nSPS) is 22.2. The second-order valence-corrected chi connectivity index (χ2v) is 7.56. The van der Waals surface area contributed by atoms with E-state index in [1.54, 1.807) is 0 Å². The van der Waals surface area contributed by atoms with Gasteiger partial charge in [-0.3, -0.25) is 9.59 Å². The molecule has 2 heterocycles. The fourth-order valence-electron chi connectivity index (χ4n) is 4.42. The predicted molar refractivity (Wildman–Crippen MR) is 110 cm³/mol. The van der Waals surface area contributed by atoms with Crippen molar-refractivity contribution in [1.29, 1.82) is 0 Å². The fraction of sp³-hybridized carbons (Fsp3) is 0.619. The van der Waals surface area contributed by atoms with Crippen molar-refractivity contribution in [1.82, 2.24) is 9.80 Å². The Balaban J connectivity index is 0.00000261. The lowest BCUT2D eigenvalue weighted by Crippen LogP contribution is -2.57. The molecular weight excluding hydrogens is 362 g/mol. The van der Waals surface area contributed by atoms with E-state index >= 15 is 0 Å². The molecule has 150 valence electrons. The van der Waals surface area contributed by atoms with Gasteiger partial charge in [-0.25, -0.2) is 0 Å². The molecule has 27 heavy (non-hydrogen) atoms. The lowest BCUT2D eigenvalue weighted by Gasteiger charge is -2.47. The van der Waals surface area contributed by atoms with E-state index in [2.05, 4.69) is 24.3 Å². The third-order valence-electron chi connectivity index (χ3n) is 5.82. The molecule has 6 heteroatoms. The van der Waals surface area contributed by atoms with Gasteiger partial charge in [0.2, 0.25) is 11.8 Å². The van der Waals surface area contributed by atoms with Crippen LogP contribution in [0.5, 0.6) is 0 Å². The molecule has 2 aliphatic rings. The van der Waals surface area contributed by atoms with Gasteiger partial charge in [-0.05, 0) is 43.6 Å². The molecule has 1 aromatic carbocycles. The highest BCUT2D eigenvalue weighted by molar-refractivity contribution is 5.85. The summed E-state index contributed by atoms with van der Waals surface area (Å²) in [6.45, 7) is 2.73. The molecule has 0 aromatic heterocycles. The maximum Gasteiger partial charge on any atom is 0.222 e. The van der Waals surface area contributed by atoms with Gasteiger partial charge in [0.1, 0.15) is 0 Å². The Morgan fingerprint density at radius 1 is 1.15 bits per heavy atom. The molecular formula is C21H32ClN3O2. The molecule has 0 spiro atoms. The molecule has 2 amide bonds. The molecule has 0 radical (unpaired) electrons. The zero-order chi connectivity index (χ0) is 18.4. The minimum Gasteiger partial charge on any atom is -0.342 e. The van der Waals surface area contributed by atoms with Crippen LogP contribution in [0.3, 0.4) is 0 Å². The fourth-order valence-corrected chi connectivity index (χ4v) is 4.42. The second-order valence-electron chi connectivity index (χ2n) is 7.56. The summed E-state index contributed by atoms with van der Waals surface area (Å²) in [5.74, 6) is 0.928. The summed E-state index contributed by atoms with van der Waals surface area (Å²) >= 11 is 0. The summed E-state index contributed by atoms with van der Waals surface area (Å²) in [4.78, 5) is 28.7. The number of fused-ring (bicyclic) bond motifs is 1. The number of hydrogen-bond acceptors (Lipinski definition) is 3. The van der Waals surface area contributed by atoms with E-state index < -0.39 is 0 Å². The van der Waals surface area contributed by atoms with Crippen molar-refractivity contribution in [2.24, 2.45) is 11.7 Å². The standard InChI is InChI=1S/C21H31N3O2.ClH/c22-13-15-24-19-12-14-23(16-18(19)10-11-21(24)26)20(25)9-5-4-8-17-6-2-1-3-7-17;/h1-3,6-7,18-19H,4-5,8-16,22H2;1H/t18-,19+;/m0./s1. The third-order valence-corrected chi connectivity index (χ3v) is 5.82. The first kappa shape index (κ1) is 21.7. The van der Waals surface area contributed by atoms with E-state index in [1.165, 1.54) is 5.56 Å². The summed E-state index contributed by atoms with van der Waals surface area (Å²) in [6.07, 6.45) is 6.06. The topological polar surface area (TPSA) is 66.6 Å². The number of carbonyl (C=O) groups excluding carboxylic acids is 2. The molecule has 2 fully saturated rings. The summed E-state index contributed by atoms with van der Waals surface area (Å²) in [5.41, 5.74) is 7.01. The van der Waals surface area contributed by atoms with Crippen molar-refractivity contribution in [3.8, 4) is 0 Å². The Bertz CT molecular complexity index is 611. The molecule has 0 unspecified atom stereocenters. The zero-order valence-corrected chi connectivity index (χ0v) is 16.8. The first-order valence-electron chi connectivity index (χ1n) is 10.0. The Labute approximate surface area is 168 Å². The number of aryl methyl sites for hydroxylation is 1. The van der Waals surface area contributed by atoms with Gasteiger partial charge in [0.25, 0.3) is 0 Å². The van der Waals surface area contributed by atoms with Crippen LogP contribution in [0.15, 0.2) is 30.3 Å². The monoisotopic (exact) mass is 393 g/mol. The number of hydrogen-bond donors (Lipinski definition) is 1. The van der Waals surface area contributed by atoms with E-state index in [9.17, 15) is 9.59 Å². The summed E-state index contributed by atoms with van der Waals surface area (Å²) in [6, 6.07) is 10.7. The van der Waals surface area contributed by atoms with Crippen molar-refractivity contribution in [2.45, 2.75) is 51.0 Å². The lowest BCUT2D eigenvalue weighted by molar-refractivity contribution is -0.144. The maximum absolute atomic E-state index is 12.6. The van der Waals surface area contributed by atoms with E-state index in [1.807, 2.05) is 15.9 Å². The van der Waals surface area contributed by atoms with Crippen LogP contribution in [0.1, 0.15) is 44.1 Å². The van der Waals surface area contributed by atoms with E-state index in [4.69, 9.17) is 5.73 Å². The van der Waals surface area contributed by atoms with Gasteiger partial charge < -0.3 is 15.5 Å². The van der Waals surface area contributed by atoms with Crippen LogP contribution in [0.25, 0.3) is 0 Å². The Morgan fingerprint density at radius 2 is 1.93 bits per heavy atom. The van der Waals surface area contributed by atoms with Crippen LogP contribution in [-0.4, -0.2) is 53.8 Å². The smallest absolute Gasteiger partial charge is 0.222 e. The molecule has 2 atom stereocenters. The maximum atomic E-state index is 12.6. The van der Waals surface area contributed by atoms with E-state index in [-0.39, 0.29) is 30.3 Å². The van der Waals surface area contributed by atoms with E-state index in [0.29, 0.717) is 31.8 Å². The van der Waals surface area contributed by atoms with Crippen molar-refractivity contribution in [3.05, 3.63) is 35.9 Å². The van der Waals surface area contributed by atoms with Crippen molar-refractivity contribution >= 4 is 24.2 Å². The van der Waals surface area contributed by atoms with Crippen molar-refractivity contribution in [3.63, 3.8) is 0 Å². The number of piperidine rings is 2. The minimum absolute atomic E-state index is 0. The van der Waals surface area contributed by atoms with Gasteiger partial charge in [0.15, 0.2) is 0 Å². The first-order valence-corrected chi connectivity index (χ1v) is 10.0. The van der Waals surface area contributed by atoms with Crippen LogP contribution in [0.4, 0.5) is 0 Å². The predicted octanol–water partition coefficient (Wildman–Crippen LogP) is 2.62. The number of carbonyl (C=O) groups is 2. The SMILES string of the molecule is Cl.NCCN1C(=O)CC[C@H]2CN(C(=O)CCCCc3ccccc3)CC[C@H]21. The number of rotatable bonds is 7. The molecule has 2 N–H and O–H groups in total. The summed E-state index contributed by atoms with van der Waals surface area (Å²) < 4.78 is 0. The highest BCUT2D eigenvalue weighted by Gasteiger charge is 2.39. The Kier molecular flexibility index (Phi) is 8.58. The second kappa shape index (κ2) is 10.7. The average molecular weight is 394 g/mol. The minimum atomic E-state index is 0. The Morgan fingerprint density at radius 3 is 2.67 bits per heavy atom. The number of nitrogens with two attached hydrogens (primary N) is 1. The Hall–Kier alpha value is -1.59. The third kappa shape index (κ3) is 5.69. The van der Waals surface area contributed by atoms with Gasteiger partial charge in [-0.1, -0.05) is 30.3 Å². The molecule has 5 nitrogen and oxygen atoms in total. The molecule has 1 aromatic rings. The lowest BCUT2D eigenvalue weighted by atomic mass is 9.83. The first-order chi connectivity index (χ1) is 12.7. The molecule has 0 aliphatic carbocycles. The molecule has 0 saturated carbocycles. The number of amides is 2. The number of benzene rings is 1.